The molecule has 4 aromatic rings. The maximum Gasteiger partial charge on any atom is 0.0890 e. The van der Waals surface area contributed by atoms with E-state index in [2.05, 4.69) is 30.3 Å². The minimum absolute atomic E-state index is 0.787. The summed E-state index contributed by atoms with van der Waals surface area (Å²) in [4.78, 5) is 14.3. The third kappa shape index (κ3) is 2.50. The molecule has 25 heavy (non-hydrogen) atoms. The molecule has 1 aliphatic heterocycles. The molecule has 0 radical (unpaired) electrons. The Hall–Kier alpha value is -3.33. The highest BCUT2D eigenvalue weighted by Gasteiger charge is 2.15. The van der Waals surface area contributed by atoms with Crippen LogP contribution < -0.4 is 0 Å². The average Bonchev–Trinajstić information content (AvgIpc) is 3.17. The summed E-state index contributed by atoms with van der Waals surface area (Å²) < 4.78 is 0. The quantitative estimate of drug-likeness (QED) is 0.520. The van der Waals surface area contributed by atoms with Crippen LogP contribution in [0.25, 0.3) is 27.5 Å². The Kier molecular flexibility index (Phi) is 3.17. The molecule has 0 saturated carbocycles. The highest BCUT2D eigenvalue weighted by molar-refractivity contribution is 6.07. The highest BCUT2D eigenvalue weighted by atomic mass is 14.9. The summed E-state index contributed by atoms with van der Waals surface area (Å²) in [5, 5.41) is 2.29. The van der Waals surface area contributed by atoms with E-state index in [-0.39, 0.29) is 0 Å². The SMILES string of the molecule is C1=C(c2ccc3ccccc3n2)N=C(c2ccc3ccccc3n2)C1. The lowest BCUT2D eigenvalue weighted by atomic mass is 10.1. The molecule has 0 bridgehead atoms. The summed E-state index contributed by atoms with van der Waals surface area (Å²) in [6.45, 7) is 0. The fourth-order valence-corrected chi connectivity index (χ4v) is 3.19. The first-order chi connectivity index (χ1) is 12.4. The number of aliphatic imine (C=N–C) groups is 1. The van der Waals surface area contributed by atoms with E-state index in [1.807, 2.05) is 48.5 Å². The van der Waals surface area contributed by atoms with Gasteiger partial charge < -0.3 is 0 Å². The third-order valence-electron chi connectivity index (χ3n) is 4.50. The average molecular weight is 321 g/mol. The molecule has 0 fully saturated rings. The van der Waals surface area contributed by atoms with Crippen molar-refractivity contribution < 1.29 is 0 Å². The van der Waals surface area contributed by atoms with Crippen LogP contribution in [0.1, 0.15) is 17.8 Å². The number of hydrogen-bond donors (Lipinski definition) is 0. The van der Waals surface area contributed by atoms with E-state index < -0.39 is 0 Å². The molecule has 0 aliphatic carbocycles. The molecule has 0 N–H and O–H groups in total. The molecule has 0 amide bonds. The molecular weight excluding hydrogens is 306 g/mol. The number of hydrogen-bond acceptors (Lipinski definition) is 3. The number of rotatable bonds is 2. The van der Waals surface area contributed by atoms with E-state index in [1.54, 1.807) is 0 Å². The van der Waals surface area contributed by atoms with E-state index in [4.69, 9.17) is 15.0 Å². The van der Waals surface area contributed by atoms with Gasteiger partial charge in [-0.3, -0.25) is 0 Å². The third-order valence-corrected chi connectivity index (χ3v) is 4.50. The topological polar surface area (TPSA) is 38.1 Å². The minimum atomic E-state index is 0.787. The Morgan fingerprint density at radius 2 is 1.20 bits per heavy atom. The summed E-state index contributed by atoms with van der Waals surface area (Å²) >= 11 is 0. The first-order valence-electron chi connectivity index (χ1n) is 8.37. The van der Waals surface area contributed by atoms with Crippen molar-refractivity contribution >= 4 is 33.2 Å². The predicted octanol–water partition coefficient (Wildman–Crippen LogP) is 5.02. The van der Waals surface area contributed by atoms with Crippen LogP contribution in [-0.2, 0) is 0 Å². The maximum absolute atomic E-state index is 4.79. The predicted molar refractivity (Wildman–Crippen MR) is 103 cm³/mol. The zero-order valence-electron chi connectivity index (χ0n) is 13.6. The normalized spacial score (nSPS) is 13.9. The zero-order valence-corrected chi connectivity index (χ0v) is 13.6. The van der Waals surface area contributed by atoms with Gasteiger partial charge in [-0.1, -0.05) is 54.6 Å². The van der Waals surface area contributed by atoms with Gasteiger partial charge in [-0.05, 0) is 24.3 Å². The lowest BCUT2D eigenvalue weighted by Gasteiger charge is -2.03. The van der Waals surface area contributed by atoms with Crippen LogP contribution in [0.3, 0.4) is 0 Å². The van der Waals surface area contributed by atoms with Crippen molar-refractivity contribution in [1.29, 1.82) is 0 Å². The molecule has 2 aromatic heterocycles. The number of pyridine rings is 2. The summed E-state index contributed by atoms with van der Waals surface area (Å²) in [5.74, 6) is 0. The standard InChI is InChI=1S/C22H15N3/c1-3-7-17-15(5-1)9-11-19(23-17)21-13-14-22(25-21)20-12-10-16-6-2-4-8-18(16)24-20/h1-13H,14H2. The Morgan fingerprint density at radius 1 is 0.600 bits per heavy atom. The fourth-order valence-electron chi connectivity index (χ4n) is 3.19. The summed E-state index contributed by atoms with van der Waals surface area (Å²) in [6.07, 6.45) is 2.92. The van der Waals surface area contributed by atoms with Crippen LogP contribution in [0.2, 0.25) is 0 Å². The van der Waals surface area contributed by atoms with Gasteiger partial charge in [0.2, 0.25) is 0 Å². The van der Waals surface area contributed by atoms with Crippen LogP contribution in [0.4, 0.5) is 0 Å². The first kappa shape index (κ1) is 14.1. The summed E-state index contributed by atoms with van der Waals surface area (Å²) in [6, 6.07) is 24.6. The number of aromatic nitrogens is 2. The van der Waals surface area contributed by atoms with E-state index in [9.17, 15) is 0 Å². The van der Waals surface area contributed by atoms with Crippen molar-refractivity contribution in [3.05, 3.63) is 90.3 Å². The molecule has 3 heterocycles. The second-order valence-electron chi connectivity index (χ2n) is 6.13. The van der Waals surface area contributed by atoms with Crippen molar-refractivity contribution in [3.63, 3.8) is 0 Å². The zero-order chi connectivity index (χ0) is 16.6. The highest BCUT2D eigenvalue weighted by Crippen LogP contribution is 2.25. The Morgan fingerprint density at radius 3 is 1.92 bits per heavy atom. The van der Waals surface area contributed by atoms with E-state index in [1.165, 1.54) is 0 Å². The van der Waals surface area contributed by atoms with Gasteiger partial charge >= 0.3 is 0 Å². The monoisotopic (exact) mass is 321 g/mol. The van der Waals surface area contributed by atoms with Crippen molar-refractivity contribution in [2.75, 3.05) is 0 Å². The molecule has 0 atom stereocenters. The van der Waals surface area contributed by atoms with Gasteiger partial charge in [-0.2, -0.15) is 0 Å². The van der Waals surface area contributed by atoms with Gasteiger partial charge in [0.25, 0.3) is 0 Å². The second kappa shape index (κ2) is 5.64. The van der Waals surface area contributed by atoms with Crippen molar-refractivity contribution in [1.82, 2.24) is 9.97 Å². The van der Waals surface area contributed by atoms with Gasteiger partial charge in [0.1, 0.15) is 0 Å². The number of allylic oxidation sites excluding steroid dienone is 1. The summed E-state index contributed by atoms with van der Waals surface area (Å²) in [5.41, 5.74) is 5.76. The maximum atomic E-state index is 4.79. The molecule has 5 rings (SSSR count). The summed E-state index contributed by atoms with van der Waals surface area (Å²) in [7, 11) is 0. The van der Waals surface area contributed by atoms with E-state index in [0.29, 0.717) is 0 Å². The van der Waals surface area contributed by atoms with Crippen LogP contribution in [0.5, 0.6) is 0 Å². The molecule has 0 saturated heterocycles. The first-order valence-corrected chi connectivity index (χ1v) is 8.37. The van der Waals surface area contributed by atoms with Crippen molar-refractivity contribution in [2.45, 2.75) is 6.42 Å². The number of nitrogens with zero attached hydrogens (tertiary/aromatic N) is 3. The van der Waals surface area contributed by atoms with Gasteiger partial charge in [0.05, 0.1) is 33.8 Å². The molecule has 2 aromatic carbocycles. The second-order valence-corrected chi connectivity index (χ2v) is 6.13. The van der Waals surface area contributed by atoms with E-state index in [0.717, 1.165) is 51.0 Å². The van der Waals surface area contributed by atoms with Crippen LogP contribution in [-0.4, -0.2) is 15.7 Å². The smallest absolute Gasteiger partial charge is 0.0890 e. The Labute approximate surface area is 145 Å². The minimum Gasteiger partial charge on any atom is -0.249 e. The van der Waals surface area contributed by atoms with Gasteiger partial charge in [-0.15, -0.1) is 0 Å². The van der Waals surface area contributed by atoms with Gasteiger partial charge in [0, 0.05) is 17.2 Å². The largest absolute Gasteiger partial charge is 0.249 e. The van der Waals surface area contributed by atoms with Gasteiger partial charge in [0.15, 0.2) is 0 Å². The van der Waals surface area contributed by atoms with Crippen LogP contribution >= 0.6 is 0 Å². The molecule has 3 heteroatoms. The van der Waals surface area contributed by atoms with Crippen LogP contribution in [0, 0.1) is 0 Å². The number of benzene rings is 2. The lowest BCUT2D eigenvalue weighted by molar-refractivity contribution is 1.31. The van der Waals surface area contributed by atoms with E-state index >= 15 is 0 Å². The lowest BCUT2D eigenvalue weighted by Crippen LogP contribution is -2.00. The Bertz CT molecular complexity index is 1170. The van der Waals surface area contributed by atoms with Crippen molar-refractivity contribution in [3.8, 4) is 0 Å². The molecule has 118 valence electrons. The van der Waals surface area contributed by atoms with Crippen LogP contribution in [0.15, 0.2) is 83.9 Å². The number of para-hydroxylation sites is 2. The fraction of sp³-hybridized carbons (Fsp3) is 0.0455. The molecule has 1 aliphatic rings. The molecular formula is C22H15N3. The molecule has 0 unspecified atom stereocenters. The Balaban J connectivity index is 1.52. The molecule has 3 nitrogen and oxygen atoms in total. The number of fused-ring (bicyclic) bond motifs is 2. The van der Waals surface area contributed by atoms with Gasteiger partial charge in [-0.25, -0.2) is 15.0 Å². The van der Waals surface area contributed by atoms with Crippen molar-refractivity contribution in [2.24, 2.45) is 4.99 Å². The molecule has 0 spiro atoms.